The second kappa shape index (κ2) is 13.7. The minimum absolute atomic E-state index is 0.0180. The molecule has 0 saturated carbocycles. The number of anilines is 2. The summed E-state index contributed by atoms with van der Waals surface area (Å²) in [5, 5.41) is 46.0. The van der Waals surface area contributed by atoms with Gasteiger partial charge in [-0.3, -0.25) is 33.2 Å². The van der Waals surface area contributed by atoms with E-state index in [9.17, 15) is 58.4 Å². The predicted molar refractivity (Wildman–Crippen MR) is 165 cm³/mol. The first-order valence-electron chi connectivity index (χ1n) is 14.4. The van der Waals surface area contributed by atoms with Gasteiger partial charge in [-0.1, -0.05) is 0 Å². The number of imidazole rings is 1. The quantitative estimate of drug-likeness (QED) is 0.0615. The summed E-state index contributed by atoms with van der Waals surface area (Å²) in [6, 6.07) is 0. The van der Waals surface area contributed by atoms with E-state index in [2.05, 4.69) is 47.7 Å². The third kappa shape index (κ3) is 7.46. The molecule has 0 aliphatic carbocycles. The Morgan fingerprint density at radius 1 is 0.788 bits per heavy atom. The summed E-state index contributed by atoms with van der Waals surface area (Å²) in [4.78, 5) is 70.5. The average molecular weight is 802 g/mol. The molecule has 2 aliphatic rings. The highest BCUT2D eigenvalue weighted by molar-refractivity contribution is 7.66. The van der Waals surface area contributed by atoms with Crippen molar-refractivity contribution in [3.05, 3.63) is 32.7 Å². The van der Waals surface area contributed by atoms with Crippen LogP contribution in [0.15, 0.2) is 15.9 Å². The predicted octanol–water partition coefficient (Wildman–Crippen LogP) is -3.67. The number of hydrogen-bond acceptors (Lipinski definition) is 21. The lowest BCUT2D eigenvalue weighted by molar-refractivity contribution is -0.0560. The van der Waals surface area contributed by atoms with Gasteiger partial charge in [0.1, 0.15) is 42.0 Å². The molecule has 28 nitrogen and oxygen atoms in total. The van der Waals surface area contributed by atoms with Gasteiger partial charge < -0.3 is 56.0 Å². The number of aliphatic hydroxyl groups excluding tert-OH is 4. The number of phosphoric acid groups is 3. The Labute approximate surface area is 286 Å². The Morgan fingerprint density at radius 3 is 1.87 bits per heavy atom. The molecule has 4 aromatic heterocycles. The summed E-state index contributed by atoms with van der Waals surface area (Å²) in [6.07, 6.45) is -12.5. The smallest absolute Gasteiger partial charge is 0.387 e. The Balaban J connectivity index is 1.05. The molecule has 0 aromatic carbocycles. The van der Waals surface area contributed by atoms with Crippen molar-refractivity contribution in [1.29, 1.82) is 0 Å². The van der Waals surface area contributed by atoms with Crippen LogP contribution in [-0.4, -0.2) is 124 Å². The number of H-pyrrole nitrogens is 2. The van der Waals surface area contributed by atoms with E-state index >= 15 is 0 Å². The van der Waals surface area contributed by atoms with Crippen LogP contribution in [0.2, 0.25) is 0 Å². The highest BCUT2D eigenvalue weighted by atomic mass is 31.3. The fraction of sp³-hybridized carbons (Fsp3) is 0.524. The number of nitrogens with zero attached hydrogens (tertiary/aromatic N) is 6. The number of phosphoric ester groups is 2. The van der Waals surface area contributed by atoms with Crippen LogP contribution in [0.25, 0.3) is 22.2 Å². The zero-order chi connectivity index (χ0) is 38.1. The van der Waals surface area contributed by atoms with Gasteiger partial charge in [0, 0.05) is 0 Å². The molecule has 2 saturated heterocycles. The standard InChI is InChI=1S/C21H29N10O18P3/c1-5-8-14(25-20(22)27-16(8)36)31(29-5)19-13(35)11(33)7(47-19)3-45-51(40,41)49-52(42,43)48-50(38,39)44-2-6-10(32)12(34)18(46-6)30-4-24-9-15(30)26-21(23)28-17(9)37/h4,6-7,10-13,18-19,32-35H,2-3H2,1H3,(H,38,39)(H,40,41)(H,42,43)(H3,22,25,27,36)(H3,23,26,28,37)/t6-,7-,10?,11?,12+,13+,18-,19-/m1/s1. The number of hydrogen-bond donors (Lipinski definition) is 11. The number of aromatic nitrogens is 8. The van der Waals surface area contributed by atoms with Gasteiger partial charge >= 0.3 is 23.5 Å². The van der Waals surface area contributed by atoms with Crippen LogP contribution in [0.3, 0.4) is 0 Å². The summed E-state index contributed by atoms with van der Waals surface area (Å²) in [6.45, 7) is -0.765. The lowest BCUT2D eigenvalue weighted by Gasteiger charge is -2.21. The van der Waals surface area contributed by atoms with Crippen LogP contribution in [-0.2, 0) is 40.8 Å². The SMILES string of the molecule is Cc1nn([C@@H]2O[C@H](COP(=O)(O)OP(=O)(O)OP(=O)(O)OC[C@H]3O[C@@H](n4cnc5c(=O)[nH]c(N)nc54)[C@@H](O)C3O)C(O)[C@@H]2O)c2nc(N)[nH]c(=O)c12. The average Bonchev–Trinajstić information content (AvgIpc) is 3.74. The van der Waals surface area contributed by atoms with E-state index in [1.807, 2.05) is 0 Å². The van der Waals surface area contributed by atoms with Crippen molar-refractivity contribution >= 4 is 57.6 Å². The number of nitrogens with one attached hydrogen (secondary N) is 2. The van der Waals surface area contributed by atoms with Crippen LogP contribution in [0, 0.1) is 6.92 Å². The lowest BCUT2D eigenvalue weighted by atomic mass is 10.1. The minimum atomic E-state index is -6.01. The van der Waals surface area contributed by atoms with Crippen molar-refractivity contribution in [1.82, 2.24) is 39.3 Å². The molecule has 6 heterocycles. The molecule has 0 bridgehead atoms. The van der Waals surface area contributed by atoms with Gasteiger partial charge in [0.25, 0.3) is 11.1 Å². The number of aromatic amines is 2. The number of aryl methyl sites for hydroxylation is 1. The van der Waals surface area contributed by atoms with Gasteiger partial charge in [0.2, 0.25) is 11.9 Å². The second-order valence-corrected chi connectivity index (χ2v) is 15.8. The van der Waals surface area contributed by atoms with E-state index in [0.29, 0.717) is 0 Å². The van der Waals surface area contributed by atoms with Crippen LogP contribution < -0.4 is 22.6 Å². The van der Waals surface area contributed by atoms with Gasteiger partial charge in [0.05, 0.1) is 25.2 Å². The highest BCUT2D eigenvalue weighted by Crippen LogP contribution is 2.67. The number of ether oxygens (including phenoxy) is 2. The third-order valence-corrected chi connectivity index (χ3v) is 11.9. The van der Waals surface area contributed by atoms with Crippen molar-refractivity contribution in [2.24, 2.45) is 0 Å². The van der Waals surface area contributed by atoms with E-state index < -0.39 is 96.9 Å². The minimum Gasteiger partial charge on any atom is -0.387 e. The van der Waals surface area contributed by atoms with Crippen molar-refractivity contribution in [3.63, 3.8) is 0 Å². The molecule has 2 aliphatic heterocycles. The molecule has 13 N–H and O–H groups in total. The van der Waals surface area contributed by atoms with Crippen LogP contribution in [0.5, 0.6) is 0 Å². The lowest BCUT2D eigenvalue weighted by Crippen LogP contribution is -2.34. The summed E-state index contributed by atoms with van der Waals surface area (Å²) in [5.41, 5.74) is 9.38. The van der Waals surface area contributed by atoms with Gasteiger partial charge in [-0.05, 0) is 6.92 Å². The van der Waals surface area contributed by atoms with E-state index in [1.54, 1.807) is 0 Å². The molecule has 5 unspecified atom stereocenters. The summed E-state index contributed by atoms with van der Waals surface area (Å²) in [5.74, 6) is -0.618. The maximum absolute atomic E-state index is 12.5. The van der Waals surface area contributed by atoms with Crippen LogP contribution >= 0.6 is 23.5 Å². The summed E-state index contributed by atoms with van der Waals surface area (Å²) < 4.78 is 67.5. The molecule has 52 heavy (non-hydrogen) atoms. The molecule has 2 fully saturated rings. The van der Waals surface area contributed by atoms with Crippen molar-refractivity contribution in [2.75, 3.05) is 24.7 Å². The van der Waals surface area contributed by atoms with Gasteiger partial charge in [0.15, 0.2) is 29.3 Å². The van der Waals surface area contributed by atoms with E-state index in [1.165, 1.54) is 6.92 Å². The largest absolute Gasteiger partial charge is 0.490 e. The fourth-order valence-electron chi connectivity index (χ4n) is 5.36. The molecular weight excluding hydrogens is 773 g/mol. The number of nitrogens with two attached hydrogens (primary N) is 2. The molecule has 286 valence electrons. The zero-order valence-electron chi connectivity index (χ0n) is 25.9. The Morgan fingerprint density at radius 2 is 1.29 bits per heavy atom. The number of fused-ring (bicyclic) bond motifs is 2. The summed E-state index contributed by atoms with van der Waals surface area (Å²) >= 11 is 0. The molecule has 11 atom stereocenters. The Kier molecular flexibility index (Phi) is 10.1. The third-order valence-electron chi connectivity index (χ3n) is 7.61. The second-order valence-electron chi connectivity index (χ2n) is 11.2. The van der Waals surface area contributed by atoms with Crippen LogP contribution in [0.4, 0.5) is 11.9 Å². The normalized spacial score (nSPS) is 30.1. The van der Waals surface area contributed by atoms with E-state index in [0.717, 1.165) is 15.6 Å². The van der Waals surface area contributed by atoms with Crippen molar-refractivity contribution in [3.8, 4) is 0 Å². The zero-order valence-corrected chi connectivity index (χ0v) is 28.6. The first-order chi connectivity index (χ1) is 24.2. The molecule has 6 rings (SSSR count). The Hall–Kier alpha value is -3.53. The van der Waals surface area contributed by atoms with Gasteiger partial charge in [-0.25, -0.2) is 23.4 Å². The number of nitrogen functional groups attached to an aromatic ring is 2. The summed E-state index contributed by atoms with van der Waals surface area (Å²) in [7, 11) is -17.4. The van der Waals surface area contributed by atoms with Crippen LogP contribution in [0.1, 0.15) is 18.1 Å². The molecule has 0 spiro atoms. The molecule has 31 heteroatoms. The fourth-order valence-corrected chi connectivity index (χ4v) is 8.88. The maximum Gasteiger partial charge on any atom is 0.490 e. The highest BCUT2D eigenvalue weighted by Gasteiger charge is 2.49. The monoisotopic (exact) mass is 802 g/mol. The Bertz CT molecular complexity index is 2280. The number of aliphatic hydroxyl groups is 4. The maximum atomic E-state index is 12.5. The van der Waals surface area contributed by atoms with Crippen molar-refractivity contribution < 1.29 is 75.9 Å². The van der Waals surface area contributed by atoms with Crippen molar-refractivity contribution in [2.45, 2.75) is 56.0 Å². The topological polar surface area (TPSA) is 427 Å². The van der Waals surface area contributed by atoms with Gasteiger partial charge in [-0.2, -0.15) is 23.7 Å². The molecular formula is C21H29N10O18P3. The molecule has 4 aromatic rings. The first-order valence-corrected chi connectivity index (χ1v) is 18.9. The van der Waals surface area contributed by atoms with E-state index in [4.69, 9.17) is 20.9 Å². The molecule has 0 radical (unpaired) electrons. The molecule has 0 amide bonds. The number of rotatable bonds is 12. The first kappa shape index (κ1) is 38.2. The van der Waals surface area contributed by atoms with Gasteiger partial charge in [-0.15, -0.1) is 0 Å². The van der Waals surface area contributed by atoms with E-state index in [-0.39, 0.29) is 39.8 Å².